The molecule has 0 aliphatic carbocycles. The molecule has 1 heterocycles. The molecule has 2 aromatic carbocycles. The van der Waals surface area contributed by atoms with Crippen LogP contribution < -0.4 is 5.32 Å². The normalized spacial score (nSPS) is 10.7. The maximum atomic E-state index is 12.2. The summed E-state index contributed by atoms with van der Waals surface area (Å²) in [6.45, 7) is 1.96. The van der Waals surface area contributed by atoms with Gasteiger partial charge in [-0.05, 0) is 48.9 Å². The first-order valence-electron chi connectivity index (χ1n) is 6.14. The fourth-order valence-electron chi connectivity index (χ4n) is 2.01. The number of carbonyl (C=O) groups excluding carboxylic acids is 1. The lowest BCUT2D eigenvalue weighted by Crippen LogP contribution is -2.11. The molecule has 0 unspecified atom stereocenters. The minimum absolute atomic E-state index is 0.122. The van der Waals surface area contributed by atoms with Gasteiger partial charge in [-0.25, -0.2) is 0 Å². The van der Waals surface area contributed by atoms with Crippen LogP contribution in [0.3, 0.4) is 0 Å². The second-order valence-electron chi connectivity index (χ2n) is 4.59. The Kier molecular flexibility index (Phi) is 3.28. The molecule has 4 nitrogen and oxygen atoms in total. The van der Waals surface area contributed by atoms with Gasteiger partial charge in [-0.15, -0.1) is 0 Å². The van der Waals surface area contributed by atoms with Crippen molar-refractivity contribution in [2.24, 2.45) is 0 Å². The Morgan fingerprint density at radius 3 is 2.90 bits per heavy atom. The maximum absolute atomic E-state index is 12.2. The van der Waals surface area contributed by atoms with Crippen molar-refractivity contribution >= 4 is 38.4 Å². The minimum atomic E-state index is -0.122. The van der Waals surface area contributed by atoms with Crippen LogP contribution in [0, 0.1) is 6.92 Å². The zero-order valence-electron chi connectivity index (χ0n) is 10.8. The van der Waals surface area contributed by atoms with E-state index in [2.05, 4.69) is 31.4 Å². The maximum Gasteiger partial charge on any atom is 0.255 e. The molecule has 0 aliphatic heterocycles. The van der Waals surface area contributed by atoms with E-state index in [4.69, 9.17) is 0 Å². The molecule has 0 radical (unpaired) electrons. The highest BCUT2D eigenvalue weighted by Crippen LogP contribution is 2.20. The van der Waals surface area contributed by atoms with Gasteiger partial charge in [0, 0.05) is 21.1 Å². The lowest BCUT2D eigenvalue weighted by atomic mass is 10.1. The second kappa shape index (κ2) is 5.09. The van der Waals surface area contributed by atoms with Crippen LogP contribution >= 0.6 is 15.9 Å². The van der Waals surface area contributed by atoms with Gasteiger partial charge in [0.25, 0.3) is 5.91 Å². The highest BCUT2D eigenvalue weighted by molar-refractivity contribution is 9.10. The number of aromatic nitrogens is 2. The molecule has 1 amide bonds. The van der Waals surface area contributed by atoms with Gasteiger partial charge in [-0.2, -0.15) is 5.10 Å². The van der Waals surface area contributed by atoms with E-state index in [0.29, 0.717) is 5.56 Å². The number of hydrogen-bond acceptors (Lipinski definition) is 2. The molecule has 0 aliphatic rings. The summed E-state index contributed by atoms with van der Waals surface area (Å²) >= 11 is 3.43. The summed E-state index contributed by atoms with van der Waals surface area (Å²) in [4.78, 5) is 12.2. The Hall–Kier alpha value is -2.14. The van der Waals surface area contributed by atoms with Gasteiger partial charge in [0.05, 0.1) is 11.7 Å². The Bertz CT molecular complexity index is 795. The second-order valence-corrected chi connectivity index (χ2v) is 5.44. The van der Waals surface area contributed by atoms with E-state index in [9.17, 15) is 4.79 Å². The third kappa shape index (κ3) is 2.44. The number of fused-ring (bicyclic) bond motifs is 1. The van der Waals surface area contributed by atoms with Crippen molar-refractivity contribution in [2.75, 3.05) is 5.32 Å². The van der Waals surface area contributed by atoms with E-state index in [1.54, 1.807) is 12.3 Å². The van der Waals surface area contributed by atoms with Crippen molar-refractivity contribution in [3.05, 3.63) is 58.2 Å². The smallest absolute Gasteiger partial charge is 0.255 e. The van der Waals surface area contributed by atoms with Crippen LogP contribution in [0.15, 0.2) is 47.1 Å². The first-order chi connectivity index (χ1) is 9.63. The molecule has 0 bridgehead atoms. The molecule has 1 aromatic heterocycles. The molecule has 100 valence electrons. The first kappa shape index (κ1) is 12.9. The van der Waals surface area contributed by atoms with Gasteiger partial charge < -0.3 is 5.32 Å². The quantitative estimate of drug-likeness (QED) is 0.749. The molecule has 0 saturated heterocycles. The van der Waals surface area contributed by atoms with Gasteiger partial charge in [0.15, 0.2) is 0 Å². The van der Waals surface area contributed by atoms with E-state index < -0.39 is 0 Å². The predicted octanol–water partition coefficient (Wildman–Crippen LogP) is 3.89. The molecule has 5 heteroatoms. The van der Waals surface area contributed by atoms with E-state index >= 15 is 0 Å². The number of hydrogen-bond donors (Lipinski definition) is 2. The van der Waals surface area contributed by atoms with Crippen LogP contribution in [0.4, 0.5) is 5.69 Å². The summed E-state index contributed by atoms with van der Waals surface area (Å²) in [6.07, 6.45) is 1.73. The zero-order valence-corrected chi connectivity index (χ0v) is 12.4. The highest BCUT2D eigenvalue weighted by Gasteiger charge is 2.08. The summed E-state index contributed by atoms with van der Waals surface area (Å²) < 4.78 is 0.994. The molecule has 0 spiro atoms. The van der Waals surface area contributed by atoms with Crippen molar-refractivity contribution in [1.82, 2.24) is 10.2 Å². The average molecular weight is 330 g/mol. The van der Waals surface area contributed by atoms with Crippen molar-refractivity contribution in [1.29, 1.82) is 0 Å². The van der Waals surface area contributed by atoms with Crippen LogP contribution in [-0.2, 0) is 0 Å². The van der Waals surface area contributed by atoms with Gasteiger partial charge >= 0.3 is 0 Å². The summed E-state index contributed by atoms with van der Waals surface area (Å²) in [6, 6.07) is 11.2. The van der Waals surface area contributed by atoms with Crippen LogP contribution in [-0.4, -0.2) is 16.1 Å². The lowest BCUT2D eigenvalue weighted by molar-refractivity contribution is 0.102. The number of H-pyrrole nitrogens is 1. The van der Waals surface area contributed by atoms with Gasteiger partial charge in [0.1, 0.15) is 0 Å². The molecule has 3 aromatic rings. The van der Waals surface area contributed by atoms with Crippen molar-refractivity contribution in [2.45, 2.75) is 6.92 Å². The molecule has 0 fully saturated rings. The summed E-state index contributed by atoms with van der Waals surface area (Å²) in [5.41, 5.74) is 3.37. The Morgan fingerprint density at radius 2 is 2.10 bits per heavy atom. The fraction of sp³-hybridized carbons (Fsp3) is 0.0667. The largest absolute Gasteiger partial charge is 0.322 e. The molecule has 20 heavy (non-hydrogen) atoms. The number of nitrogens with zero attached hydrogens (tertiary/aromatic N) is 1. The Balaban J connectivity index is 1.85. The van der Waals surface area contributed by atoms with Gasteiger partial charge in [-0.1, -0.05) is 15.9 Å². The molecule has 0 saturated carbocycles. The topological polar surface area (TPSA) is 57.8 Å². The SMILES string of the molecule is Cc1cc(C(=O)Nc2ccc3[nH]ncc3c2)ccc1Br. The number of nitrogens with one attached hydrogen (secondary N) is 2. The Labute approximate surface area is 124 Å². The number of rotatable bonds is 2. The number of halogens is 1. The lowest BCUT2D eigenvalue weighted by Gasteiger charge is -2.07. The highest BCUT2D eigenvalue weighted by atomic mass is 79.9. The van der Waals surface area contributed by atoms with Crippen LogP contribution in [0.2, 0.25) is 0 Å². The van der Waals surface area contributed by atoms with Crippen LogP contribution in [0.5, 0.6) is 0 Å². The minimum Gasteiger partial charge on any atom is -0.322 e. The molecular formula is C15H12BrN3O. The van der Waals surface area contributed by atoms with E-state index in [-0.39, 0.29) is 5.91 Å². The summed E-state index contributed by atoms with van der Waals surface area (Å²) in [5.74, 6) is -0.122. The Morgan fingerprint density at radius 1 is 1.25 bits per heavy atom. The summed E-state index contributed by atoms with van der Waals surface area (Å²) in [5, 5.41) is 10.7. The van der Waals surface area contributed by atoms with Gasteiger partial charge in [-0.3, -0.25) is 9.89 Å². The first-order valence-corrected chi connectivity index (χ1v) is 6.93. The number of aryl methyl sites for hydroxylation is 1. The zero-order chi connectivity index (χ0) is 14.1. The molecule has 3 rings (SSSR count). The number of benzene rings is 2. The van der Waals surface area contributed by atoms with E-state index in [0.717, 1.165) is 26.6 Å². The van der Waals surface area contributed by atoms with Crippen molar-refractivity contribution < 1.29 is 4.79 Å². The van der Waals surface area contributed by atoms with E-state index in [1.807, 2.05) is 37.3 Å². The standard InChI is InChI=1S/C15H12BrN3O/c1-9-6-10(2-4-13(9)16)15(20)18-12-3-5-14-11(7-12)8-17-19-14/h2-8H,1H3,(H,17,19)(H,18,20). The summed E-state index contributed by atoms with van der Waals surface area (Å²) in [7, 11) is 0. The van der Waals surface area contributed by atoms with Gasteiger partial charge in [0.2, 0.25) is 0 Å². The third-order valence-corrected chi connectivity index (χ3v) is 4.01. The average Bonchev–Trinajstić information content (AvgIpc) is 2.89. The van der Waals surface area contributed by atoms with E-state index in [1.165, 1.54) is 0 Å². The molecule has 2 N–H and O–H groups in total. The predicted molar refractivity (Wildman–Crippen MR) is 82.9 cm³/mol. The third-order valence-electron chi connectivity index (χ3n) is 3.12. The number of aromatic amines is 1. The number of carbonyl (C=O) groups is 1. The molecule has 0 atom stereocenters. The number of amides is 1. The van der Waals surface area contributed by atoms with Crippen molar-refractivity contribution in [3.8, 4) is 0 Å². The van der Waals surface area contributed by atoms with Crippen LogP contribution in [0.1, 0.15) is 15.9 Å². The fourth-order valence-corrected chi connectivity index (χ4v) is 2.26. The number of anilines is 1. The monoisotopic (exact) mass is 329 g/mol. The molecular weight excluding hydrogens is 318 g/mol. The van der Waals surface area contributed by atoms with Crippen molar-refractivity contribution in [3.63, 3.8) is 0 Å². The van der Waals surface area contributed by atoms with Crippen LogP contribution in [0.25, 0.3) is 10.9 Å².